The molecule has 0 bridgehead atoms. The first-order chi connectivity index (χ1) is 25.2. The molecule has 254 valence electrons. The zero-order chi connectivity index (χ0) is 35.6. The van der Waals surface area contributed by atoms with Crippen LogP contribution in [-0.4, -0.2) is 0 Å². The maximum absolute atomic E-state index is 2.51. The maximum Gasteiger partial charge on any atom is 0.0493 e. The summed E-state index contributed by atoms with van der Waals surface area (Å²) in [6.07, 6.45) is 2.39. The largest absolute Gasteiger partial charge is 0.310 e. The van der Waals surface area contributed by atoms with Crippen LogP contribution in [0.25, 0.3) is 54.6 Å². The summed E-state index contributed by atoms with van der Waals surface area (Å²) >= 11 is 0. The number of hydrogen-bond acceptors (Lipinski definition) is 1. The average molecular weight is 672 g/mol. The van der Waals surface area contributed by atoms with Crippen molar-refractivity contribution in [1.29, 1.82) is 0 Å². The third-order valence-electron chi connectivity index (χ3n) is 11.8. The van der Waals surface area contributed by atoms with E-state index >= 15 is 0 Å². The van der Waals surface area contributed by atoms with E-state index in [0.717, 1.165) is 11.4 Å². The Morgan fingerprint density at radius 2 is 0.923 bits per heavy atom. The summed E-state index contributed by atoms with van der Waals surface area (Å²) in [5.74, 6) is 0. The Morgan fingerprint density at radius 1 is 0.423 bits per heavy atom. The van der Waals surface area contributed by atoms with Gasteiger partial charge < -0.3 is 4.90 Å². The lowest BCUT2D eigenvalue weighted by Gasteiger charge is -2.43. The van der Waals surface area contributed by atoms with Gasteiger partial charge in [-0.25, -0.2) is 0 Å². The Hall–Kier alpha value is -5.66. The van der Waals surface area contributed by atoms with Gasteiger partial charge in [0.05, 0.1) is 0 Å². The first-order valence-corrected chi connectivity index (χ1v) is 18.7. The molecular formula is C51H45N. The van der Waals surface area contributed by atoms with Gasteiger partial charge in [0.1, 0.15) is 0 Å². The van der Waals surface area contributed by atoms with Gasteiger partial charge in [-0.05, 0) is 138 Å². The van der Waals surface area contributed by atoms with Crippen molar-refractivity contribution in [1.82, 2.24) is 0 Å². The third kappa shape index (κ3) is 5.39. The molecule has 8 aromatic rings. The summed E-state index contributed by atoms with van der Waals surface area (Å²) in [6, 6.07) is 58.6. The number of nitrogens with zero attached hydrogens (tertiary/aromatic N) is 1. The van der Waals surface area contributed by atoms with Crippen molar-refractivity contribution < 1.29 is 0 Å². The van der Waals surface area contributed by atoms with Gasteiger partial charge >= 0.3 is 0 Å². The molecule has 0 N–H and O–H groups in total. The Morgan fingerprint density at radius 3 is 1.58 bits per heavy atom. The van der Waals surface area contributed by atoms with Crippen molar-refractivity contribution in [2.45, 2.75) is 58.3 Å². The first-order valence-electron chi connectivity index (χ1n) is 18.7. The molecule has 0 fully saturated rings. The van der Waals surface area contributed by atoms with Crippen LogP contribution < -0.4 is 4.90 Å². The number of benzene rings is 8. The monoisotopic (exact) mass is 671 g/mol. The minimum atomic E-state index is 0.109. The van der Waals surface area contributed by atoms with Crippen molar-refractivity contribution in [3.63, 3.8) is 0 Å². The molecule has 8 aromatic carbocycles. The van der Waals surface area contributed by atoms with Crippen molar-refractivity contribution >= 4 is 49.4 Å². The fraction of sp³-hybridized carbons (Fsp3) is 0.176. The van der Waals surface area contributed by atoms with Gasteiger partial charge in [0.25, 0.3) is 0 Å². The summed E-state index contributed by atoms with van der Waals surface area (Å²) in [5.41, 5.74) is 13.1. The Balaban J connectivity index is 1.20. The second kappa shape index (κ2) is 12.2. The number of rotatable bonds is 5. The molecule has 0 unspecified atom stereocenters. The van der Waals surface area contributed by atoms with Gasteiger partial charge in [-0.3, -0.25) is 0 Å². The highest BCUT2D eigenvalue weighted by molar-refractivity contribution is 6.13. The Kier molecular flexibility index (Phi) is 7.59. The van der Waals surface area contributed by atoms with Gasteiger partial charge in [0.15, 0.2) is 0 Å². The molecule has 9 rings (SSSR count). The smallest absolute Gasteiger partial charge is 0.0493 e. The highest BCUT2D eigenvalue weighted by Crippen LogP contribution is 2.49. The van der Waals surface area contributed by atoms with E-state index in [0.29, 0.717) is 0 Å². The predicted molar refractivity (Wildman–Crippen MR) is 225 cm³/mol. The lowest BCUT2D eigenvalue weighted by atomic mass is 9.63. The average Bonchev–Trinajstić information content (AvgIpc) is 3.17. The minimum absolute atomic E-state index is 0.109. The Labute approximate surface area is 308 Å². The number of anilines is 3. The number of hydrogen-bond donors (Lipinski definition) is 0. The van der Waals surface area contributed by atoms with Crippen LogP contribution in [0.2, 0.25) is 0 Å². The molecule has 1 nitrogen and oxygen atoms in total. The van der Waals surface area contributed by atoms with Crippen LogP contribution in [0.4, 0.5) is 17.1 Å². The molecule has 0 saturated heterocycles. The molecule has 0 aliphatic heterocycles. The van der Waals surface area contributed by atoms with E-state index in [-0.39, 0.29) is 10.8 Å². The van der Waals surface area contributed by atoms with Gasteiger partial charge in [0, 0.05) is 17.1 Å². The van der Waals surface area contributed by atoms with E-state index in [1.54, 1.807) is 0 Å². The first kappa shape index (κ1) is 32.3. The lowest BCUT2D eigenvalue weighted by molar-refractivity contribution is 0.332. The lowest BCUT2D eigenvalue weighted by Crippen LogP contribution is -2.34. The Bertz CT molecular complexity index is 2620. The van der Waals surface area contributed by atoms with Crippen LogP contribution >= 0.6 is 0 Å². The van der Waals surface area contributed by atoms with Crippen LogP contribution in [0, 0.1) is 6.92 Å². The summed E-state index contributed by atoms with van der Waals surface area (Å²) in [5, 5.41) is 7.68. The predicted octanol–water partition coefficient (Wildman–Crippen LogP) is 14.6. The van der Waals surface area contributed by atoms with Crippen LogP contribution in [0.5, 0.6) is 0 Å². The molecule has 0 amide bonds. The van der Waals surface area contributed by atoms with Crippen molar-refractivity contribution in [2.75, 3.05) is 4.90 Å². The zero-order valence-electron chi connectivity index (χ0n) is 30.9. The second-order valence-corrected chi connectivity index (χ2v) is 16.1. The quantitative estimate of drug-likeness (QED) is 0.165. The topological polar surface area (TPSA) is 3.24 Å². The molecule has 0 spiro atoms. The van der Waals surface area contributed by atoms with Crippen molar-refractivity contribution in [2.24, 2.45) is 0 Å². The molecule has 0 saturated carbocycles. The van der Waals surface area contributed by atoms with E-state index in [2.05, 4.69) is 197 Å². The molecule has 0 aromatic heterocycles. The standard InChI is InChI=1S/C51H45N/c1-34-31-47-48(51(4,5)30-29-50(47,2)3)33-49(34)52(39-25-21-36(22-26-39)42-20-12-15-35-13-6-8-16-41(35)42)40-27-23-37(24-28-40)46-32-38-14-7-9-17-43(38)44-18-10-11-19-45(44)46/h6-28,31-33H,29-30H2,1-5H3. The van der Waals surface area contributed by atoms with Crippen molar-refractivity contribution in [3.05, 3.63) is 174 Å². The highest BCUT2D eigenvalue weighted by atomic mass is 15.1. The summed E-state index contributed by atoms with van der Waals surface area (Å²) in [7, 11) is 0. The molecule has 1 aliphatic rings. The molecule has 0 radical (unpaired) electrons. The molecule has 0 heterocycles. The fourth-order valence-electron chi connectivity index (χ4n) is 8.73. The maximum atomic E-state index is 2.51. The summed E-state index contributed by atoms with van der Waals surface area (Å²) in [6.45, 7) is 12.0. The molecule has 1 aliphatic carbocycles. The van der Waals surface area contributed by atoms with E-state index in [4.69, 9.17) is 0 Å². The van der Waals surface area contributed by atoms with Gasteiger partial charge in [-0.2, -0.15) is 0 Å². The minimum Gasteiger partial charge on any atom is -0.310 e. The molecular weight excluding hydrogens is 627 g/mol. The SMILES string of the molecule is Cc1cc2c(cc1N(c1ccc(-c3cccc4ccccc34)cc1)c1ccc(-c3cc4ccccc4c4ccccc34)cc1)C(C)(C)CCC2(C)C. The van der Waals surface area contributed by atoms with Crippen LogP contribution in [-0.2, 0) is 10.8 Å². The summed E-state index contributed by atoms with van der Waals surface area (Å²) < 4.78 is 0. The van der Waals surface area contributed by atoms with E-state index in [9.17, 15) is 0 Å². The fourth-order valence-corrected chi connectivity index (χ4v) is 8.73. The van der Waals surface area contributed by atoms with E-state index in [1.807, 2.05) is 0 Å². The zero-order valence-corrected chi connectivity index (χ0v) is 30.9. The second-order valence-electron chi connectivity index (χ2n) is 16.1. The molecule has 1 heteroatoms. The molecule has 52 heavy (non-hydrogen) atoms. The van der Waals surface area contributed by atoms with E-state index < -0.39 is 0 Å². The van der Waals surface area contributed by atoms with Gasteiger partial charge in [0.2, 0.25) is 0 Å². The van der Waals surface area contributed by atoms with Crippen LogP contribution in [0.1, 0.15) is 57.2 Å². The number of aryl methyl sites for hydroxylation is 1. The molecule has 0 atom stereocenters. The van der Waals surface area contributed by atoms with Gasteiger partial charge in [-0.1, -0.05) is 149 Å². The van der Waals surface area contributed by atoms with Crippen molar-refractivity contribution in [3.8, 4) is 22.3 Å². The van der Waals surface area contributed by atoms with Crippen LogP contribution in [0.3, 0.4) is 0 Å². The van der Waals surface area contributed by atoms with Crippen LogP contribution in [0.15, 0.2) is 158 Å². The van der Waals surface area contributed by atoms with Gasteiger partial charge in [-0.15, -0.1) is 0 Å². The normalized spacial score (nSPS) is 14.8. The number of fused-ring (bicyclic) bond motifs is 5. The highest BCUT2D eigenvalue weighted by Gasteiger charge is 2.38. The third-order valence-corrected chi connectivity index (χ3v) is 11.8. The summed E-state index contributed by atoms with van der Waals surface area (Å²) in [4.78, 5) is 2.47. The van der Waals surface area contributed by atoms with E-state index in [1.165, 1.54) is 89.8 Å².